The second kappa shape index (κ2) is 4.05. The largest absolute Gasteiger partial charge is 0.488 e. The molecule has 2 N–H and O–H groups in total. The molecule has 0 spiro atoms. The molecular weight excluding hydrogens is 176 g/mol. The summed E-state index contributed by atoms with van der Waals surface area (Å²) in [7, 11) is 0. The van der Waals surface area contributed by atoms with Crippen molar-refractivity contribution < 1.29 is 4.74 Å². The first-order valence-corrected chi connectivity index (χ1v) is 5.29. The smallest absolute Gasteiger partial charge is 0.142 e. The van der Waals surface area contributed by atoms with Gasteiger partial charge in [0.1, 0.15) is 11.9 Å². The molecule has 1 aliphatic heterocycles. The predicted molar refractivity (Wildman–Crippen MR) is 56.8 cm³/mol. The van der Waals surface area contributed by atoms with Gasteiger partial charge in [-0.1, -0.05) is 0 Å². The number of nitrogens with one attached hydrogen (secondary N) is 2. The van der Waals surface area contributed by atoms with Gasteiger partial charge in [0.15, 0.2) is 0 Å². The van der Waals surface area contributed by atoms with Crippen LogP contribution in [0, 0.1) is 13.8 Å². The van der Waals surface area contributed by atoms with Gasteiger partial charge in [-0.3, -0.25) is 0 Å². The highest BCUT2D eigenvalue weighted by molar-refractivity contribution is 5.36. The van der Waals surface area contributed by atoms with Crippen LogP contribution in [-0.2, 0) is 0 Å². The highest BCUT2D eigenvalue weighted by Gasteiger charge is 2.16. The number of piperidine rings is 1. The summed E-state index contributed by atoms with van der Waals surface area (Å²) in [6.07, 6.45) is 4.63. The van der Waals surface area contributed by atoms with Crippen LogP contribution in [0.15, 0.2) is 6.20 Å². The summed E-state index contributed by atoms with van der Waals surface area (Å²) in [5.74, 6) is 1.05. The summed E-state index contributed by atoms with van der Waals surface area (Å²) >= 11 is 0. The van der Waals surface area contributed by atoms with Crippen LogP contribution in [0.2, 0.25) is 0 Å². The van der Waals surface area contributed by atoms with E-state index in [1.807, 2.05) is 6.20 Å². The molecular formula is C11H18N2O. The van der Waals surface area contributed by atoms with E-state index in [2.05, 4.69) is 24.1 Å². The van der Waals surface area contributed by atoms with Crippen molar-refractivity contribution in [1.82, 2.24) is 10.3 Å². The number of ether oxygens (including phenoxy) is 1. The van der Waals surface area contributed by atoms with E-state index in [1.165, 1.54) is 5.56 Å². The minimum atomic E-state index is 0.393. The number of H-pyrrole nitrogens is 1. The zero-order valence-electron chi connectivity index (χ0n) is 8.89. The van der Waals surface area contributed by atoms with E-state index in [0.29, 0.717) is 6.10 Å². The maximum atomic E-state index is 5.99. The lowest BCUT2D eigenvalue weighted by Gasteiger charge is -2.24. The Morgan fingerprint density at radius 3 is 2.57 bits per heavy atom. The number of aromatic nitrogens is 1. The number of rotatable bonds is 2. The van der Waals surface area contributed by atoms with Crippen LogP contribution in [0.4, 0.5) is 0 Å². The third-order valence-electron chi connectivity index (χ3n) is 2.77. The van der Waals surface area contributed by atoms with Crippen LogP contribution in [0.3, 0.4) is 0 Å². The lowest BCUT2D eigenvalue weighted by Crippen LogP contribution is -2.34. The molecule has 3 nitrogen and oxygen atoms in total. The van der Waals surface area contributed by atoms with E-state index < -0.39 is 0 Å². The second-order valence-corrected chi connectivity index (χ2v) is 3.99. The quantitative estimate of drug-likeness (QED) is 0.752. The van der Waals surface area contributed by atoms with Gasteiger partial charge < -0.3 is 15.0 Å². The lowest BCUT2D eigenvalue weighted by molar-refractivity contribution is 0.160. The SMILES string of the molecule is Cc1c[nH]c(C)c1OC1CCNCC1. The number of hydrogen-bond acceptors (Lipinski definition) is 2. The second-order valence-electron chi connectivity index (χ2n) is 3.99. The van der Waals surface area contributed by atoms with E-state index in [9.17, 15) is 0 Å². The van der Waals surface area contributed by atoms with Gasteiger partial charge in [0.25, 0.3) is 0 Å². The summed E-state index contributed by atoms with van der Waals surface area (Å²) in [6, 6.07) is 0. The molecule has 1 saturated heterocycles. The fraction of sp³-hybridized carbons (Fsp3) is 0.636. The normalized spacial score (nSPS) is 18.4. The molecule has 78 valence electrons. The van der Waals surface area contributed by atoms with Gasteiger partial charge >= 0.3 is 0 Å². The van der Waals surface area contributed by atoms with Crippen molar-refractivity contribution in [2.24, 2.45) is 0 Å². The molecule has 0 aliphatic carbocycles. The number of aryl methyl sites for hydroxylation is 2. The van der Waals surface area contributed by atoms with Crippen LogP contribution < -0.4 is 10.1 Å². The fourth-order valence-corrected chi connectivity index (χ4v) is 1.90. The first-order valence-electron chi connectivity index (χ1n) is 5.29. The molecule has 0 radical (unpaired) electrons. The number of aromatic amines is 1. The van der Waals surface area contributed by atoms with Gasteiger partial charge in [-0.2, -0.15) is 0 Å². The summed E-state index contributed by atoms with van der Waals surface area (Å²) in [6.45, 7) is 6.30. The Morgan fingerprint density at radius 1 is 1.29 bits per heavy atom. The highest BCUT2D eigenvalue weighted by atomic mass is 16.5. The van der Waals surface area contributed by atoms with Crippen LogP contribution in [0.1, 0.15) is 24.1 Å². The average molecular weight is 194 g/mol. The van der Waals surface area contributed by atoms with Crippen molar-refractivity contribution in [1.29, 1.82) is 0 Å². The topological polar surface area (TPSA) is 37.0 Å². The molecule has 1 aromatic rings. The first kappa shape index (κ1) is 9.59. The Hall–Kier alpha value is -0.960. The van der Waals surface area contributed by atoms with Crippen molar-refractivity contribution in [2.75, 3.05) is 13.1 Å². The molecule has 0 saturated carbocycles. The van der Waals surface area contributed by atoms with Crippen LogP contribution in [0.5, 0.6) is 5.75 Å². The Balaban J connectivity index is 2.02. The molecule has 3 heteroatoms. The van der Waals surface area contributed by atoms with Crippen molar-refractivity contribution in [3.63, 3.8) is 0 Å². The molecule has 0 unspecified atom stereocenters. The van der Waals surface area contributed by atoms with Crippen molar-refractivity contribution in [2.45, 2.75) is 32.8 Å². The molecule has 0 amide bonds. The minimum Gasteiger partial charge on any atom is -0.488 e. The third kappa shape index (κ3) is 1.93. The molecule has 0 bridgehead atoms. The van der Waals surface area contributed by atoms with E-state index in [1.54, 1.807) is 0 Å². The molecule has 1 aromatic heterocycles. The number of hydrogen-bond donors (Lipinski definition) is 2. The zero-order chi connectivity index (χ0) is 9.97. The van der Waals surface area contributed by atoms with Gasteiger partial charge in [-0.25, -0.2) is 0 Å². The van der Waals surface area contributed by atoms with E-state index in [0.717, 1.165) is 37.4 Å². The van der Waals surface area contributed by atoms with Gasteiger partial charge in [0.05, 0.1) is 5.69 Å². The molecule has 0 atom stereocenters. The van der Waals surface area contributed by atoms with Crippen molar-refractivity contribution in [3.8, 4) is 5.75 Å². The Bertz CT molecular complexity index is 281. The van der Waals surface area contributed by atoms with Gasteiger partial charge in [-0.05, 0) is 39.8 Å². The van der Waals surface area contributed by atoms with Gasteiger partial charge in [0.2, 0.25) is 0 Å². The van der Waals surface area contributed by atoms with Crippen LogP contribution in [-0.4, -0.2) is 24.2 Å². The predicted octanol–water partition coefficient (Wildman–Crippen LogP) is 1.76. The van der Waals surface area contributed by atoms with E-state index >= 15 is 0 Å². The van der Waals surface area contributed by atoms with E-state index in [4.69, 9.17) is 4.74 Å². The average Bonchev–Trinajstić information content (AvgIpc) is 2.51. The maximum absolute atomic E-state index is 5.99. The minimum absolute atomic E-state index is 0.393. The summed E-state index contributed by atoms with van der Waals surface area (Å²) in [4.78, 5) is 3.19. The van der Waals surface area contributed by atoms with Crippen molar-refractivity contribution in [3.05, 3.63) is 17.5 Å². The standard InChI is InChI=1S/C11H18N2O/c1-8-7-13-9(2)11(8)14-10-3-5-12-6-4-10/h7,10,12-13H,3-6H2,1-2H3. The van der Waals surface area contributed by atoms with Crippen LogP contribution in [0.25, 0.3) is 0 Å². The van der Waals surface area contributed by atoms with Gasteiger partial charge in [0, 0.05) is 11.8 Å². The summed E-state index contributed by atoms with van der Waals surface area (Å²) in [5, 5.41) is 3.34. The maximum Gasteiger partial charge on any atom is 0.142 e. The fourth-order valence-electron chi connectivity index (χ4n) is 1.90. The summed E-state index contributed by atoms with van der Waals surface area (Å²) < 4.78 is 5.99. The molecule has 0 aromatic carbocycles. The zero-order valence-corrected chi connectivity index (χ0v) is 8.89. The Morgan fingerprint density at radius 2 is 2.00 bits per heavy atom. The highest BCUT2D eigenvalue weighted by Crippen LogP contribution is 2.24. The van der Waals surface area contributed by atoms with Crippen LogP contribution >= 0.6 is 0 Å². The van der Waals surface area contributed by atoms with E-state index in [-0.39, 0.29) is 0 Å². The summed E-state index contributed by atoms with van der Waals surface area (Å²) in [5.41, 5.74) is 2.35. The molecule has 14 heavy (non-hydrogen) atoms. The molecule has 1 aliphatic rings. The van der Waals surface area contributed by atoms with Gasteiger partial charge in [-0.15, -0.1) is 0 Å². The third-order valence-corrected chi connectivity index (χ3v) is 2.77. The Labute approximate surface area is 84.9 Å². The monoisotopic (exact) mass is 194 g/mol. The molecule has 2 heterocycles. The molecule has 1 fully saturated rings. The molecule has 2 rings (SSSR count). The Kier molecular flexibility index (Phi) is 2.77. The first-order chi connectivity index (χ1) is 6.77. The lowest BCUT2D eigenvalue weighted by atomic mass is 10.1. The van der Waals surface area contributed by atoms with Crippen molar-refractivity contribution >= 4 is 0 Å².